The second kappa shape index (κ2) is 7.37. The Morgan fingerprint density at radius 2 is 1.77 bits per heavy atom. The van der Waals surface area contributed by atoms with Crippen LogP contribution in [0.4, 0.5) is 5.69 Å². The molecule has 2 aromatic carbocycles. The van der Waals surface area contributed by atoms with Gasteiger partial charge in [0.15, 0.2) is 0 Å². The molecule has 0 bridgehead atoms. The van der Waals surface area contributed by atoms with E-state index >= 15 is 0 Å². The van der Waals surface area contributed by atoms with E-state index in [9.17, 15) is 13.2 Å². The average molecular weight is 423 g/mol. The Morgan fingerprint density at radius 1 is 1.00 bits per heavy atom. The molecule has 2 aliphatic rings. The van der Waals surface area contributed by atoms with E-state index in [0.29, 0.717) is 42.7 Å². The maximum atomic E-state index is 13.1. The number of anilines is 1. The molecule has 8 heteroatoms. The van der Waals surface area contributed by atoms with E-state index in [-0.39, 0.29) is 22.9 Å². The van der Waals surface area contributed by atoms with E-state index in [1.165, 1.54) is 0 Å². The summed E-state index contributed by atoms with van der Waals surface area (Å²) in [4.78, 5) is 19.6. The van der Waals surface area contributed by atoms with Crippen molar-refractivity contribution >= 4 is 32.5 Å². The van der Waals surface area contributed by atoms with Gasteiger partial charge in [-0.1, -0.05) is 30.3 Å². The molecule has 3 aromatic rings. The van der Waals surface area contributed by atoms with Crippen LogP contribution in [-0.2, 0) is 10.0 Å². The second-order valence-corrected chi connectivity index (χ2v) is 9.43. The minimum atomic E-state index is -3.54. The van der Waals surface area contributed by atoms with Gasteiger partial charge < -0.3 is 10.2 Å². The van der Waals surface area contributed by atoms with Crippen molar-refractivity contribution in [3.8, 4) is 0 Å². The molecule has 7 nitrogen and oxygen atoms in total. The van der Waals surface area contributed by atoms with Gasteiger partial charge in [-0.25, -0.2) is 8.42 Å². The molecule has 0 spiro atoms. The summed E-state index contributed by atoms with van der Waals surface area (Å²) < 4.78 is 27.9. The fraction of sp³-hybridized carbons (Fsp3) is 0.273. The number of sulfonamides is 1. The fourth-order valence-corrected chi connectivity index (χ4v) is 5.73. The number of aromatic nitrogens is 1. The van der Waals surface area contributed by atoms with E-state index in [1.807, 2.05) is 41.3 Å². The highest BCUT2D eigenvalue weighted by atomic mass is 32.2. The number of benzene rings is 2. The van der Waals surface area contributed by atoms with E-state index in [0.717, 1.165) is 5.39 Å². The Bertz CT molecular complexity index is 1210. The number of para-hydroxylation sites is 2. The fourth-order valence-electron chi connectivity index (χ4n) is 4.34. The number of carbonyl (C=O) groups excluding carboxylic acids is 1. The zero-order chi connectivity index (χ0) is 20.7. The van der Waals surface area contributed by atoms with Crippen LogP contribution in [0.15, 0.2) is 65.7 Å². The van der Waals surface area contributed by atoms with Gasteiger partial charge in [0.2, 0.25) is 10.0 Å². The summed E-state index contributed by atoms with van der Waals surface area (Å²) in [5.41, 5.74) is 1.95. The topological polar surface area (TPSA) is 91.4 Å². The normalized spacial score (nSPS) is 21.1. The van der Waals surface area contributed by atoms with Gasteiger partial charge in [0.25, 0.3) is 5.91 Å². The number of nitrogens with zero attached hydrogens (tertiary/aromatic N) is 2. The monoisotopic (exact) mass is 422 g/mol. The third kappa shape index (κ3) is 3.32. The first kappa shape index (κ1) is 19.0. The Labute approximate surface area is 175 Å². The molecule has 0 aliphatic carbocycles. The summed E-state index contributed by atoms with van der Waals surface area (Å²) in [5, 5.41) is 4.26. The maximum Gasteiger partial charge on any atom is 0.256 e. The summed E-state index contributed by atoms with van der Waals surface area (Å²) in [5.74, 6) is 0.0723. The number of fused-ring (bicyclic) bond motifs is 2. The van der Waals surface area contributed by atoms with Crippen LogP contribution in [0.3, 0.4) is 0 Å². The Morgan fingerprint density at radius 3 is 2.60 bits per heavy atom. The largest absolute Gasteiger partial charge is 0.368 e. The molecule has 1 aromatic heterocycles. The molecule has 3 heterocycles. The Hall–Kier alpha value is -2.97. The lowest BCUT2D eigenvalue weighted by atomic mass is 9.93. The van der Waals surface area contributed by atoms with E-state index < -0.39 is 10.0 Å². The highest BCUT2D eigenvalue weighted by Gasteiger charge is 2.36. The molecule has 1 amide bonds. The van der Waals surface area contributed by atoms with Crippen LogP contribution >= 0.6 is 0 Å². The van der Waals surface area contributed by atoms with Crippen LogP contribution in [0.5, 0.6) is 0 Å². The van der Waals surface area contributed by atoms with Crippen LogP contribution in [0.2, 0.25) is 0 Å². The van der Waals surface area contributed by atoms with Crippen molar-refractivity contribution < 1.29 is 13.2 Å². The molecule has 154 valence electrons. The zero-order valence-corrected chi connectivity index (χ0v) is 17.1. The summed E-state index contributed by atoms with van der Waals surface area (Å²) >= 11 is 0. The molecular formula is C22H22N4O3S. The molecule has 1 saturated heterocycles. The van der Waals surface area contributed by atoms with Gasteiger partial charge in [-0.2, -0.15) is 4.72 Å². The lowest BCUT2D eigenvalue weighted by Gasteiger charge is -2.39. The molecule has 1 atom stereocenters. The van der Waals surface area contributed by atoms with Crippen molar-refractivity contribution in [3.05, 3.63) is 66.4 Å². The molecule has 5 rings (SSSR count). The predicted octanol–water partition coefficient (Wildman–Crippen LogP) is 2.82. The maximum absolute atomic E-state index is 13.1. The van der Waals surface area contributed by atoms with Crippen LogP contribution in [0, 0.1) is 5.92 Å². The number of pyridine rings is 1. The third-order valence-electron chi connectivity index (χ3n) is 5.93. The third-order valence-corrected chi connectivity index (χ3v) is 7.43. The highest BCUT2D eigenvalue weighted by molar-refractivity contribution is 7.89. The number of piperidine rings is 1. The number of carbonyl (C=O) groups is 1. The second-order valence-electron chi connectivity index (χ2n) is 7.75. The molecule has 1 unspecified atom stereocenters. The lowest BCUT2D eigenvalue weighted by molar-refractivity contribution is 0.0681. The standard InChI is InChI=1S/C22H22N4O3S/c27-22(17-7-3-5-15-6-4-12-23-20(15)17)26-13-10-16(11-14-26)21-24-18-8-1-2-9-19(18)30(28,29)25-21/h1-9,12,16,21,24-25H,10-11,13-14H2. The number of rotatable bonds is 2. The van der Waals surface area contributed by atoms with Crippen LogP contribution in [-0.4, -0.2) is 43.5 Å². The molecule has 0 radical (unpaired) electrons. The van der Waals surface area contributed by atoms with Gasteiger partial charge >= 0.3 is 0 Å². The van der Waals surface area contributed by atoms with Crippen molar-refractivity contribution in [1.82, 2.24) is 14.6 Å². The van der Waals surface area contributed by atoms with Crippen molar-refractivity contribution in [1.29, 1.82) is 0 Å². The first-order valence-electron chi connectivity index (χ1n) is 10.0. The van der Waals surface area contributed by atoms with Crippen LogP contribution < -0.4 is 10.0 Å². The Balaban J connectivity index is 1.31. The molecule has 30 heavy (non-hydrogen) atoms. The van der Waals surface area contributed by atoms with Crippen molar-refractivity contribution in [3.63, 3.8) is 0 Å². The van der Waals surface area contributed by atoms with Crippen molar-refractivity contribution in [2.24, 2.45) is 5.92 Å². The number of hydrogen-bond donors (Lipinski definition) is 2. The molecule has 0 saturated carbocycles. The molecule has 1 fully saturated rings. The molecule has 2 N–H and O–H groups in total. The smallest absolute Gasteiger partial charge is 0.256 e. The van der Waals surface area contributed by atoms with Gasteiger partial charge in [-0.15, -0.1) is 0 Å². The summed E-state index contributed by atoms with van der Waals surface area (Å²) in [6, 6.07) is 16.4. The van der Waals surface area contributed by atoms with Gasteiger partial charge in [0, 0.05) is 24.7 Å². The van der Waals surface area contributed by atoms with Gasteiger partial charge in [-0.3, -0.25) is 9.78 Å². The van der Waals surface area contributed by atoms with Crippen LogP contribution in [0.25, 0.3) is 10.9 Å². The van der Waals surface area contributed by atoms with Gasteiger partial charge in [-0.05, 0) is 43.0 Å². The lowest BCUT2D eigenvalue weighted by Crippen LogP contribution is -2.52. The average Bonchev–Trinajstić information content (AvgIpc) is 2.78. The van der Waals surface area contributed by atoms with Crippen molar-refractivity contribution in [2.75, 3.05) is 18.4 Å². The van der Waals surface area contributed by atoms with Gasteiger partial charge in [0.05, 0.1) is 22.9 Å². The minimum Gasteiger partial charge on any atom is -0.368 e. The first-order chi connectivity index (χ1) is 14.5. The number of amides is 1. The number of likely N-dealkylation sites (tertiary alicyclic amines) is 1. The summed E-state index contributed by atoms with van der Waals surface area (Å²) in [7, 11) is -3.54. The van der Waals surface area contributed by atoms with Gasteiger partial charge in [0.1, 0.15) is 4.90 Å². The number of nitrogens with one attached hydrogen (secondary N) is 2. The van der Waals surface area contributed by atoms with E-state index in [2.05, 4.69) is 15.0 Å². The summed E-state index contributed by atoms with van der Waals surface area (Å²) in [6.07, 6.45) is 2.75. The Kier molecular flexibility index (Phi) is 4.67. The minimum absolute atomic E-state index is 0.0275. The molecule has 2 aliphatic heterocycles. The van der Waals surface area contributed by atoms with E-state index in [4.69, 9.17) is 0 Å². The summed E-state index contributed by atoms with van der Waals surface area (Å²) in [6.45, 7) is 1.16. The predicted molar refractivity (Wildman–Crippen MR) is 115 cm³/mol. The van der Waals surface area contributed by atoms with E-state index in [1.54, 1.807) is 24.4 Å². The zero-order valence-electron chi connectivity index (χ0n) is 16.3. The SMILES string of the molecule is O=C(c1cccc2cccnc12)N1CCC(C2Nc3ccccc3S(=O)(=O)N2)CC1. The first-order valence-corrected chi connectivity index (χ1v) is 11.5. The highest BCUT2D eigenvalue weighted by Crippen LogP contribution is 2.31. The van der Waals surface area contributed by atoms with Crippen LogP contribution in [0.1, 0.15) is 23.2 Å². The number of hydrogen-bond acceptors (Lipinski definition) is 5. The molecular weight excluding hydrogens is 400 g/mol. The van der Waals surface area contributed by atoms with Crippen molar-refractivity contribution in [2.45, 2.75) is 23.9 Å². The quantitative estimate of drug-likeness (QED) is 0.663.